The fourth-order valence-electron chi connectivity index (χ4n) is 1.75. The van der Waals surface area contributed by atoms with E-state index in [9.17, 15) is 18.0 Å². The third-order valence-electron chi connectivity index (χ3n) is 2.78. The Kier molecular flexibility index (Phi) is 2.57. The number of nitrogens with zero attached hydrogens (tertiary/aromatic N) is 1. The molecule has 0 radical (unpaired) electrons. The fourth-order valence-corrected chi connectivity index (χ4v) is 1.75. The van der Waals surface area contributed by atoms with Crippen molar-refractivity contribution in [2.45, 2.75) is 18.6 Å². The Labute approximate surface area is 101 Å². The second-order valence-electron chi connectivity index (χ2n) is 4.10. The lowest BCUT2D eigenvalue weighted by Crippen LogP contribution is -2.37. The van der Waals surface area contributed by atoms with Gasteiger partial charge in [-0.2, -0.15) is 13.2 Å². The van der Waals surface area contributed by atoms with E-state index in [4.69, 9.17) is 5.73 Å². The number of halogens is 3. The molecule has 96 valence electrons. The van der Waals surface area contributed by atoms with Gasteiger partial charge in [-0.05, 0) is 24.6 Å². The fraction of sp³-hybridized carbons (Fsp3) is 0.273. The molecule has 0 bridgehead atoms. The van der Waals surface area contributed by atoms with E-state index in [0.717, 1.165) is 12.1 Å². The Morgan fingerprint density at radius 1 is 1.39 bits per heavy atom. The van der Waals surface area contributed by atoms with Gasteiger partial charge in [0.15, 0.2) is 11.5 Å². The number of hydrogen-bond acceptors (Lipinski definition) is 3. The van der Waals surface area contributed by atoms with Gasteiger partial charge in [0.2, 0.25) is 0 Å². The van der Waals surface area contributed by atoms with Crippen molar-refractivity contribution in [2.75, 3.05) is 0 Å². The summed E-state index contributed by atoms with van der Waals surface area (Å²) < 4.78 is 37.8. The lowest BCUT2D eigenvalue weighted by Gasteiger charge is -2.19. The van der Waals surface area contributed by atoms with E-state index < -0.39 is 23.2 Å². The van der Waals surface area contributed by atoms with E-state index in [1.54, 1.807) is 0 Å². The molecule has 0 spiro atoms. The van der Waals surface area contributed by atoms with Crippen molar-refractivity contribution < 1.29 is 18.0 Å². The third kappa shape index (κ3) is 1.92. The standard InChI is InChI=1S/C11H10F3N3O/c1-10(8(18)16-9(15)17-10)6-3-2-4-7(5-6)11(12,13)14/h2-5H,1H3,(H3,15,16,17,18). The number of nitrogens with one attached hydrogen (secondary N) is 1. The zero-order valence-electron chi connectivity index (χ0n) is 9.38. The zero-order chi connectivity index (χ0) is 13.6. The molecular formula is C11H10F3N3O. The number of benzene rings is 1. The maximum atomic E-state index is 12.6. The van der Waals surface area contributed by atoms with Gasteiger partial charge in [-0.15, -0.1) is 0 Å². The molecule has 1 aliphatic rings. The summed E-state index contributed by atoms with van der Waals surface area (Å²) in [5.74, 6) is -0.640. The molecule has 1 aliphatic heterocycles. The maximum absolute atomic E-state index is 12.6. The highest BCUT2D eigenvalue weighted by atomic mass is 19.4. The Bertz CT molecular complexity index is 539. The second kappa shape index (κ2) is 3.72. The molecule has 0 saturated heterocycles. The van der Waals surface area contributed by atoms with Crippen LogP contribution in [0, 0.1) is 0 Å². The van der Waals surface area contributed by atoms with E-state index in [0.29, 0.717) is 0 Å². The number of guanidine groups is 1. The summed E-state index contributed by atoms with van der Waals surface area (Å²) in [5, 5.41) is 2.27. The molecule has 0 saturated carbocycles. The predicted octanol–water partition coefficient (Wildman–Crippen LogP) is 1.37. The molecule has 0 fully saturated rings. The molecule has 1 unspecified atom stereocenters. The lowest BCUT2D eigenvalue weighted by molar-refractivity contribution is -0.137. The summed E-state index contributed by atoms with van der Waals surface area (Å²) in [6.45, 7) is 1.41. The van der Waals surface area contributed by atoms with E-state index >= 15 is 0 Å². The van der Waals surface area contributed by atoms with Crippen molar-refractivity contribution in [3.63, 3.8) is 0 Å². The van der Waals surface area contributed by atoms with Gasteiger partial charge >= 0.3 is 6.18 Å². The maximum Gasteiger partial charge on any atom is 0.416 e. The van der Waals surface area contributed by atoms with Crippen LogP contribution in [0.25, 0.3) is 0 Å². The number of amides is 1. The Morgan fingerprint density at radius 2 is 2.06 bits per heavy atom. The minimum Gasteiger partial charge on any atom is -0.370 e. The largest absolute Gasteiger partial charge is 0.416 e. The smallest absolute Gasteiger partial charge is 0.370 e. The summed E-state index contributed by atoms with van der Waals surface area (Å²) >= 11 is 0. The van der Waals surface area contributed by atoms with Gasteiger partial charge in [0.25, 0.3) is 5.91 Å². The highest BCUT2D eigenvalue weighted by molar-refractivity contribution is 6.06. The number of carbonyl (C=O) groups is 1. The summed E-state index contributed by atoms with van der Waals surface area (Å²) in [6.07, 6.45) is -4.46. The van der Waals surface area contributed by atoms with E-state index in [1.165, 1.54) is 19.1 Å². The highest BCUT2D eigenvalue weighted by Gasteiger charge is 2.41. The van der Waals surface area contributed by atoms with Crippen molar-refractivity contribution >= 4 is 11.9 Å². The molecule has 3 N–H and O–H groups in total. The molecule has 0 aromatic heterocycles. The average Bonchev–Trinajstić information content (AvgIpc) is 2.53. The lowest BCUT2D eigenvalue weighted by atomic mass is 9.91. The molecule has 0 aliphatic carbocycles. The first kappa shape index (κ1) is 12.4. The summed E-state index contributed by atoms with van der Waals surface area (Å²) in [7, 11) is 0. The normalized spacial score (nSPS) is 23.8. The van der Waals surface area contributed by atoms with Gasteiger partial charge in [0.1, 0.15) is 0 Å². The predicted molar refractivity (Wildman–Crippen MR) is 58.6 cm³/mol. The number of alkyl halides is 3. The molecular weight excluding hydrogens is 247 g/mol. The van der Waals surface area contributed by atoms with Gasteiger partial charge in [-0.3, -0.25) is 10.1 Å². The summed E-state index contributed by atoms with van der Waals surface area (Å²) in [5.41, 5.74) is 3.27. The number of hydrogen-bond donors (Lipinski definition) is 2. The molecule has 2 rings (SSSR count). The molecule has 1 atom stereocenters. The third-order valence-corrected chi connectivity index (χ3v) is 2.78. The second-order valence-corrected chi connectivity index (χ2v) is 4.10. The van der Waals surface area contributed by atoms with Crippen LogP contribution in [0.4, 0.5) is 13.2 Å². The number of aliphatic imine (C=N–C) groups is 1. The zero-order valence-corrected chi connectivity index (χ0v) is 9.38. The minimum absolute atomic E-state index is 0.0973. The Balaban J connectivity index is 2.50. The quantitative estimate of drug-likeness (QED) is 0.797. The van der Waals surface area contributed by atoms with Crippen molar-refractivity contribution in [3.8, 4) is 0 Å². The van der Waals surface area contributed by atoms with Gasteiger partial charge in [-0.25, -0.2) is 4.99 Å². The SMILES string of the molecule is CC1(c2cccc(C(F)(F)F)c2)N=C(N)NC1=O. The topological polar surface area (TPSA) is 67.5 Å². The highest BCUT2D eigenvalue weighted by Crippen LogP contribution is 2.34. The van der Waals surface area contributed by atoms with Gasteiger partial charge in [-0.1, -0.05) is 12.1 Å². The van der Waals surface area contributed by atoms with Crippen LogP contribution in [0.5, 0.6) is 0 Å². The Hall–Kier alpha value is -2.05. The van der Waals surface area contributed by atoms with E-state index in [2.05, 4.69) is 10.3 Å². The average molecular weight is 257 g/mol. The molecule has 1 heterocycles. The first-order valence-electron chi connectivity index (χ1n) is 5.08. The first-order valence-corrected chi connectivity index (χ1v) is 5.08. The molecule has 1 amide bonds. The van der Waals surface area contributed by atoms with Crippen molar-refractivity contribution in [2.24, 2.45) is 10.7 Å². The molecule has 18 heavy (non-hydrogen) atoms. The van der Waals surface area contributed by atoms with E-state index in [1.807, 2.05) is 0 Å². The van der Waals surface area contributed by atoms with Crippen molar-refractivity contribution in [1.29, 1.82) is 0 Å². The van der Waals surface area contributed by atoms with Crippen LogP contribution < -0.4 is 11.1 Å². The number of rotatable bonds is 1. The van der Waals surface area contributed by atoms with Crippen LogP contribution in [0.2, 0.25) is 0 Å². The monoisotopic (exact) mass is 257 g/mol. The van der Waals surface area contributed by atoms with Crippen molar-refractivity contribution in [1.82, 2.24) is 5.32 Å². The molecule has 7 heteroatoms. The number of carbonyl (C=O) groups excluding carboxylic acids is 1. The summed E-state index contributed by atoms with van der Waals surface area (Å²) in [4.78, 5) is 15.5. The minimum atomic E-state index is -4.46. The van der Waals surface area contributed by atoms with Crippen molar-refractivity contribution in [3.05, 3.63) is 35.4 Å². The van der Waals surface area contributed by atoms with Crippen LogP contribution in [0.15, 0.2) is 29.3 Å². The van der Waals surface area contributed by atoms with E-state index in [-0.39, 0.29) is 11.5 Å². The molecule has 1 aromatic rings. The summed E-state index contributed by atoms with van der Waals surface area (Å²) in [6, 6.07) is 4.49. The molecule has 4 nitrogen and oxygen atoms in total. The number of nitrogens with two attached hydrogens (primary N) is 1. The van der Waals surface area contributed by atoms with Gasteiger partial charge in [0, 0.05) is 0 Å². The molecule has 1 aromatic carbocycles. The van der Waals surface area contributed by atoms with Crippen LogP contribution >= 0.6 is 0 Å². The van der Waals surface area contributed by atoms with Gasteiger partial charge in [0.05, 0.1) is 5.56 Å². The first-order chi connectivity index (χ1) is 8.23. The van der Waals surface area contributed by atoms with Crippen LogP contribution in [-0.2, 0) is 16.5 Å². The van der Waals surface area contributed by atoms with Crippen LogP contribution in [0.3, 0.4) is 0 Å². The van der Waals surface area contributed by atoms with Gasteiger partial charge < -0.3 is 5.73 Å². The van der Waals surface area contributed by atoms with Crippen LogP contribution in [-0.4, -0.2) is 11.9 Å². The Morgan fingerprint density at radius 3 is 2.56 bits per heavy atom. The van der Waals surface area contributed by atoms with Crippen LogP contribution in [0.1, 0.15) is 18.1 Å².